The molecule has 0 aliphatic rings. The van der Waals surface area contributed by atoms with E-state index in [1.165, 1.54) is 0 Å². The molecule has 0 spiro atoms. The second-order valence-electron chi connectivity index (χ2n) is 3.71. The van der Waals surface area contributed by atoms with Gasteiger partial charge in [-0.15, -0.1) is 0 Å². The van der Waals surface area contributed by atoms with Crippen molar-refractivity contribution in [1.29, 1.82) is 0 Å². The largest absolute Gasteiger partial charge is 0.322 e. The Balaban J connectivity index is 2.23. The van der Waals surface area contributed by atoms with E-state index in [4.69, 9.17) is 0 Å². The van der Waals surface area contributed by atoms with Crippen molar-refractivity contribution in [2.24, 2.45) is 0 Å². The molecule has 2 rings (SSSR count). The van der Waals surface area contributed by atoms with Crippen molar-refractivity contribution in [3.8, 4) is 0 Å². The van der Waals surface area contributed by atoms with Gasteiger partial charge in [0.15, 0.2) is 17.5 Å². The molecule has 0 atom stereocenters. The zero-order valence-electron chi connectivity index (χ0n) is 9.38. The Hall–Kier alpha value is -1.57. The molecule has 0 saturated carbocycles. The van der Waals surface area contributed by atoms with E-state index in [0.717, 1.165) is 3.57 Å². The van der Waals surface area contributed by atoms with Crippen molar-refractivity contribution in [3.05, 3.63) is 63.0 Å². The molecule has 0 unspecified atom stereocenters. The third kappa shape index (κ3) is 3.25. The highest BCUT2D eigenvalue weighted by atomic mass is 127. The maximum absolute atomic E-state index is 13.0. The molecule has 2 aromatic carbocycles. The molecule has 2 aromatic rings. The van der Waals surface area contributed by atoms with Gasteiger partial charge in [0.1, 0.15) is 0 Å². The van der Waals surface area contributed by atoms with Gasteiger partial charge in [0.25, 0.3) is 5.91 Å². The molecule has 0 fully saturated rings. The topological polar surface area (TPSA) is 29.1 Å². The molecule has 1 N–H and O–H groups in total. The van der Waals surface area contributed by atoms with E-state index in [9.17, 15) is 18.0 Å². The Bertz CT molecular complexity index is 605. The molecule has 0 heterocycles. The number of anilines is 1. The van der Waals surface area contributed by atoms with E-state index >= 15 is 0 Å². The molecule has 98 valence electrons. The van der Waals surface area contributed by atoms with Gasteiger partial charge in [-0.2, -0.15) is 0 Å². The van der Waals surface area contributed by atoms with Crippen molar-refractivity contribution in [2.75, 3.05) is 5.32 Å². The van der Waals surface area contributed by atoms with Gasteiger partial charge in [0, 0.05) is 14.8 Å². The lowest BCUT2D eigenvalue weighted by Gasteiger charge is -2.06. The van der Waals surface area contributed by atoms with E-state index in [1.54, 1.807) is 24.3 Å². The predicted octanol–water partition coefficient (Wildman–Crippen LogP) is 3.96. The average Bonchev–Trinajstić information content (AvgIpc) is 2.38. The second-order valence-corrected chi connectivity index (χ2v) is 4.96. The zero-order chi connectivity index (χ0) is 14.0. The summed E-state index contributed by atoms with van der Waals surface area (Å²) in [5.74, 6) is -5.09. The minimum Gasteiger partial charge on any atom is -0.322 e. The Morgan fingerprint density at radius 3 is 2.05 bits per heavy atom. The smallest absolute Gasteiger partial charge is 0.255 e. The molecule has 6 heteroatoms. The fraction of sp³-hybridized carbons (Fsp3) is 0. The van der Waals surface area contributed by atoms with Crippen molar-refractivity contribution >= 4 is 34.2 Å². The van der Waals surface area contributed by atoms with E-state index in [1.807, 2.05) is 0 Å². The van der Waals surface area contributed by atoms with Crippen LogP contribution in [-0.2, 0) is 0 Å². The molecule has 2 nitrogen and oxygen atoms in total. The first kappa shape index (κ1) is 13.9. The van der Waals surface area contributed by atoms with Crippen LogP contribution >= 0.6 is 22.6 Å². The summed E-state index contributed by atoms with van der Waals surface area (Å²) in [4.78, 5) is 11.7. The third-order valence-corrected chi connectivity index (χ3v) is 3.07. The Morgan fingerprint density at radius 1 is 1.00 bits per heavy atom. The molecule has 0 aromatic heterocycles. The summed E-state index contributed by atoms with van der Waals surface area (Å²) in [6.45, 7) is 0. The number of nitrogens with one attached hydrogen (secondary N) is 1. The summed E-state index contributed by atoms with van der Waals surface area (Å²) in [7, 11) is 0. The van der Waals surface area contributed by atoms with Crippen molar-refractivity contribution in [1.82, 2.24) is 0 Å². The van der Waals surface area contributed by atoms with Gasteiger partial charge < -0.3 is 5.32 Å². The van der Waals surface area contributed by atoms with Gasteiger partial charge in [-0.1, -0.05) is 0 Å². The lowest BCUT2D eigenvalue weighted by atomic mass is 10.2. The van der Waals surface area contributed by atoms with Gasteiger partial charge in [0.2, 0.25) is 0 Å². The number of amides is 1. The number of hydrogen-bond acceptors (Lipinski definition) is 1. The molecular weight excluding hydrogens is 370 g/mol. The molecule has 0 radical (unpaired) electrons. The number of benzene rings is 2. The highest BCUT2D eigenvalue weighted by Gasteiger charge is 2.15. The van der Waals surface area contributed by atoms with Crippen molar-refractivity contribution in [3.63, 3.8) is 0 Å². The Labute approximate surface area is 120 Å². The van der Waals surface area contributed by atoms with E-state index in [-0.39, 0.29) is 5.56 Å². The standard InChI is InChI=1S/C13H7F3INO/c14-10-5-7(6-11(15)12(10)16)13(19)18-9-3-1-8(17)2-4-9/h1-6H,(H,18,19). The first-order chi connectivity index (χ1) is 8.97. The van der Waals surface area contributed by atoms with Crippen LogP contribution in [0.4, 0.5) is 18.9 Å². The van der Waals surface area contributed by atoms with E-state index < -0.39 is 23.4 Å². The SMILES string of the molecule is O=C(Nc1ccc(I)cc1)c1cc(F)c(F)c(F)c1. The second kappa shape index (κ2) is 5.60. The van der Waals surface area contributed by atoms with Gasteiger partial charge in [-0.05, 0) is 59.0 Å². The van der Waals surface area contributed by atoms with Crippen LogP contribution in [0.1, 0.15) is 10.4 Å². The predicted molar refractivity (Wildman–Crippen MR) is 73.4 cm³/mol. The molecule has 0 saturated heterocycles. The maximum Gasteiger partial charge on any atom is 0.255 e. The van der Waals surface area contributed by atoms with Crippen LogP contribution in [0.2, 0.25) is 0 Å². The Kier molecular flexibility index (Phi) is 4.08. The highest BCUT2D eigenvalue weighted by Crippen LogP contribution is 2.16. The van der Waals surface area contributed by atoms with Gasteiger partial charge in [-0.25, -0.2) is 13.2 Å². The van der Waals surface area contributed by atoms with Crippen LogP contribution in [0.5, 0.6) is 0 Å². The molecule has 19 heavy (non-hydrogen) atoms. The van der Waals surface area contributed by atoms with Crippen LogP contribution in [0, 0.1) is 21.0 Å². The van der Waals surface area contributed by atoms with Crippen molar-refractivity contribution < 1.29 is 18.0 Å². The van der Waals surface area contributed by atoms with Crippen LogP contribution in [0.3, 0.4) is 0 Å². The number of halogens is 4. The fourth-order valence-electron chi connectivity index (χ4n) is 1.42. The first-order valence-corrected chi connectivity index (χ1v) is 6.26. The normalized spacial score (nSPS) is 10.3. The average molecular weight is 377 g/mol. The summed E-state index contributed by atoms with van der Waals surface area (Å²) < 4.78 is 39.7. The number of hydrogen-bond donors (Lipinski definition) is 1. The molecular formula is C13H7F3INO. The molecule has 0 aliphatic carbocycles. The third-order valence-electron chi connectivity index (χ3n) is 2.35. The van der Waals surface area contributed by atoms with E-state index in [2.05, 4.69) is 27.9 Å². The summed E-state index contributed by atoms with van der Waals surface area (Å²) in [5, 5.41) is 2.46. The van der Waals surface area contributed by atoms with Crippen LogP contribution < -0.4 is 5.32 Å². The lowest BCUT2D eigenvalue weighted by Crippen LogP contribution is -2.13. The molecule has 1 amide bonds. The lowest BCUT2D eigenvalue weighted by molar-refractivity contribution is 0.102. The van der Waals surface area contributed by atoms with Crippen LogP contribution in [0.15, 0.2) is 36.4 Å². The van der Waals surface area contributed by atoms with E-state index in [0.29, 0.717) is 17.8 Å². The maximum atomic E-state index is 13.0. The molecule has 0 bridgehead atoms. The zero-order valence-corrected chi connectivity index (χ0v) is 11.5. The minimum absolute atomic E-state index is 0.282. The van der Waals surface area contributed by atoms with Crippen LogP contribution in [0.25, 0.3) is 0 Å². The first-order valence-electron chi connectivity index (χ1n) is 5.19. The van der Waals surface area contributed by atoms with Gasteiger partial charge in [-0.3, -0.25) is 4.79 Å². The minimum atomic E-state index is -1.59. The van der Waals surface area contributed by atoms with Crippen molar-refractivity contribution in [2.45, 2.75) is 0 Å². The monoisotopic (exact) mass is 377 g/mol. The summed E-state index contributed by atoms with van der Waals surface area (Å²) in [5.41, 5.74) is 0.200. The van der Waals surface area contributed by atoms with Crippen LogP contribution in [-0.4, -0.2) is 5.91 Å². The molecule has 0 aliphatic heterocycles. The Morgan fingerprint density at radius 2 is 1.53 bits per heavy atom. The van der Waals surface area contributed by atoms with Gasteiger partial charge in [0.05, 0.1) is 0 Å². The number of rotatable bonds is 2. The number of carbonyl (C=O) groups is 1. The fourth-order valence-corrected chi connectivity index (χ4v) is 1.78. The highest BCUT2D eigenvalue weighted by molar-refractivity contribution is 14.1. The van der Waals surface area contributed by atoms with Gasteiger partial charge >= 0.3 is 0 Å². The quantitative estimate of drug-likeness (QED) is 0.623. The summed E-state index contributed by atoms with van der Waals surface area (Å²) >= 11 is 2.10. The number of carbonyl (C=O) groups excluding carboxylic acids is 1. The summed E-state index contributed by atoms with van der Waals surface area (Å²) in [6.07, 6.45) is 0. The summed E-state index contributed by atoms with van der Waals surface area (Å²) in [6, 6.07) is 8.14.